The van der Waals surface area contributed by atoms with E-state index < -0.39 is 12.6 Å². The first kappa shape index (κ1) is 17.9. The number of rotatable bonds is 5. The fraction of sp³-hybridized carbons (Fsp3) is 0.0455. The minimum Gasteiger partial charge on any atom is -0.454 e. The van der Waals surface area contributed by atoms with Gasteiger partial charge in [-0.1, -0.05) is 59.2 Å². The number of ether oxygens (including phenoxy) is 1. The lowest BCUT2D eigenvalue weighted by atomic mass is 10.1. The van der Waals surface area contributed by atoms with Crippen molar-refractivity contribution in [3.8, 4) is 11.3 Å². The molecule has 0 aliphatic carbocycles. The van der Waals surface area contributed by atoms with Crippen LogP contribution in [0, 0.1) is 0 Å². The topological polar surface area (TPSA) is 69.4 Å². The number of hydrogen-bond donors (Lipinski definition) is 0. The Labute approximate surface area is 165 Å². The van der Waals surface area contributed by atoms with Gasteiger partial charge >= 0.3 is 5.97 Å². The van der Waals surface area contributed by atoms with E-state index in [0.29, 0.717) is 32.8 Å². The first-order valence-electron chi connectivity index (χ1n) is 8.53. The van der Waals surface area contributed by atoms with Crippen LogP contribution in [-0.4, -0.2) is 23.5 Å². The molecule has 3 aromatic carbocycles. The molecule has 28 heavy (non-hydrogen) atoms. The summed E-state index contributed by atoms with van der Waals surface area (Å²) in [6, 6.07) is 21.0. The van der Waals surface area contributed by atoms with Crippen LogP contribution in [0.25, 0.3) is 22.2 Å². The molecular weight excluding hydrogens is 378 g/mol. The van der Waals surface area contributed by atoms with Crippen LogP contribution in [0.1, 0.15) is 20.7 Å². The van der Waals surface area contributed by atoms with Crippen LogP contribution in [0.15, 0.2) is 77.3 Å². The molecule has 0 unspecified atom stereocenters. The molecule has 0 amide bonds. The van der Waals surface area contributed by atoms with Crippen LogP contribution in [0.5, 0.6) is 0 Å². The maximum atomic E-state index is 12.4. The van der Waals surface area contributed by atoms with Crippen molar-refractivity contribution in [3.63, 3.8) is 0 Å². The largest absolute Gasteiger partial charge is 0.454 e. The number of hydrogen-bond acceptors (Lipinski definition) is 5. The molecular formula is C22H14ClNO4. The number of fused-ring (bicyclic) bond motifs is 1. The first-order chi connectivity index (χ1) is 13.6. The molecule has 0 radical (unpaired) electrons. The average Bonchev–Trinajstić information content (AvgIpc) is 3.16. The molecule has 0 aliphatic heterocycles. The van der Waals surface area contributed by atoms with Crippen LogP contribution in [0.3, 0.4) is 0 Å². The molecule has 6 heteroatoms. The second kappa shape index (κ2) is 7.66. The van der Waals surface area contributed by atoms with Crippen molar-refractivity contribution in [2.24, 2.45) is 0 Å². The Morgan fingerprint density at radius 1 is 0.964 bits per heavy atom. The van der Waals surface area contributed by atoms with Crippen LogP contribution in [-0.2, 0) is 4.74 Å². The van der Waals surface area contributed by atoms with E-state index in [0.717, 1.165) is 5.56 Å². The van der Waals surface area contributed by atoms with Gasteiger partial charge in [0.1, 0.15) is 5.52 Å². The van der Waals surface area contributed by atoms with E-state index in [9.17, 15) is 9.59 Å². The van der Waals surface area contributed by atoms with E-state index in [-0.39, 0.29) is 5.78 Å². The molecule has 0 spiro atoms. The molecule has 138 valence electrons. The molecule has 1 heterocycles. The Hall–Kier alpha value is -3.44. The van der Waals surface area contributed by atoms with Crippen molar-refractivity contribution in [2.45, 2.75) is 0 Å². The number of ketones is 1. The Balaban J connectivity index is 1.55. The predicted octanol–water partition coefficient (Wildman–Crippen LogP) is 5.19. The number of carbonyl (C=O) groups is 2. The molecule has 0 aliphatic rings. The van der Waals surface area contributed by atoms with E-state index in [4.69, 9.17) is 20.9 Å². The van der Waals surface area contributed by atoms with Crippen molar-refractivity contribution in [1.82, 2.24) is 5.16 Å². The summed E-state index contributed by atoms with van der Waals surface area (Å²) in [5.41, 5.74) is 2.10. The lowest BCUT2D eigenvalue weighted by Gasteiger charge is -2.06. The van der Waals surface area contributed by atoms with Gasteiger partial charge in [-0.05, 0) is 30.3 Å². The third-order valence-electron chi connectivity index (χ3n) is 4.26. The summed E-state index contributed by atoms with van der Waals surface area (Å²) in [6.45, 7) is -0.393. The number of aromatic nitrogens is 1. The highest BCUT2D eigenvalue weighted by atomic mass is 35.5. The van der Waals surface area contributed by atoms with Gasteiger partial charge in [0.05, 0.1) is 16.0 Å². The number of nitrogens with zero attached hydrogens (tertiary/aromatic N) is 1. The monoisotopic (exact) mass is 391 g/mol. The first-order valence-corrected chi connectivity index (χ1v) is 8.91. The van der Waals surface area contributed by atoms with Gasteiger partial charge in [-0.25, -0.2) is 4.79 Å². The predicted molar refractivity (Wildman–Crippen MR) is 106 cm³/mol. The summed E-state index contributed by atoms with van der Waals surface area (Å²) in [4.78, 5) is 24.6. The van der Waals surface area contributed by atoms with Crippen LogP contribution in [0.2, 0.25) is 5.02 Å². The Bertz CT molecular complexity index is 1170. The molecule has 4 rings (SSSR count). The zero-order valence-corrected chi connectivity index (χ0v) is 15.3. The van der Waals surface area contributed by atoms with Gasteiger partial charge in [-0.3, -0.25) is 4.79 Å². The quantitative estimate of drug-likeness (QED) is 0.346. The third-order valence-corrected chi connectivity index (χ3v) is 4.59. The minimum absolute atomic E-state index is 0.305. The zero-order valence-electron chi connectivity index (χ0n) is 14.6. The molecule has 0 saturated heterocycles. The number of carbonyl (C=O) groups excluding carboxylic acids is 2. The molecule has 0 N–H and O–H groups in total. The van der Waals surface area contributed by atoms with E-state index >= 15 is 0 Å². The summed E-state index contributed by atoms with van der Waals surface area (Å²) in [5, 5.41) is 5.04. The van der Waals surface area contributed by atoms with Gasteiger partial charge in [0.2, 0.25) is 5.78 Å². The highest BCUT2D eigenvalue weighted by Gasteiger charge is 2.17. The normalized spacial score (nSPS) is 10.8. The number of halogens is 1. The van der Waals surface area contributed by atoms with Gasteiger partial charge in [-0.15, -0.1) is 0 Å². The summed E-state index contributed by atoms with van der Waals surface area (Å²) in [6.07, 6.45) is 0. The highest BCUT2D eigenvalue weighted by molar-refractivity contribution is 6.34. The summed E-state index contributed by atoms with van der Waals surface area (Å²) in [7, 11) is 0. The SMILES string of the molecule is O=C(OCC(=O)c1ccccc1Cl)c1ccc2noc(-c3ccccc3)c2c1. The highest BCUT2D eigenvalue weighted by Crippen LogP contribution is 2.29. The van der Waals surface area contributed by atoms with Crippen LogP contribution < -0.4 is 0 Å². The van der Waals surface area contributed by atoms with Crippen molar-refractivity contribution in [2.75, 3.05) is 6.61 Å². The molecule has 5 nitrogen and oxygen atoms in total. The lowest BCUT2D eigenvalue weighted by molar-refractivity contribution is 0.0475. The van der Waals surface area contributed by atoms with E-state index in [1.54, 1.807) is 42.5 Å². The van der Waals surface area contributed by atoms with Gasteiger partial charge in [0, 0.05) is 11.1 Å². The average molecular weight is 392 g/mol. The van der Waals surface area contributed by atoms with Crippen LogP contribution in [0.4, 0.5) is 0 Å². The number of benzene rings is 3. The second-order valence-corrected chi connectivity index (χ2v) is 6.50. The van der Waals surface area contributed by atoms with Gasteiger partial charge in [0.25, 0.3) is 0 Å². The van der Waals surface area contributed by atoms with E-state index in [2.05, 4.69) is 5.16 Å². The Kier molecular flexibility index (Phi) is 4.91. The standard InChI is InChI=1S/C22H14ClNO4/c23-18-9-5-4-8-16(18)20(25)13-27-22(26)15-10-11-19-17(12-15)21(28-24-19)14-6-2-1-3-7-14/h1-12H,13H2. The fourth-order valence-electron chi connectivity index (χ4n) is 2.85. The fourth-order valence-corrected chi connectivity index (χ4v) is 3.09. The van der Waals surface area contributed by atoms with E-state index in [1.807, 2.05) is 30.3 Å². The van der Waals surface area contributed by atoms with Crippen LogP contribution >= 0.6 is 11.6 Å². The molecule has 1 aromatic heterocycles. The van der Waals surface area contributed by atoms with Gasteiger partial charge < -0.3 is 9.26 Å². The van der Waals surface area contributed by atoms with Crippen molar-refractivity contribution in [1.29, 1.82) is 0 Å². The van der Waals surface area contributed by atoms with E-state index in [1.165, 1.54) is 0 Å². The van der Waals surface area contributed by atoms with Crippen molar-refractivity contribution >= 4 is 34.3 Å². The smallest absolute Gasteiger partial charge is 0.338 e. The summed E-state index contributed by atoms with van der Waals surface area (Å²) < 4.78 is 10.6. The van der Waals surface area contributed by atoms with Gasteiger partial charge in [0.15, 0.2) is 12.4 Å². The summed E-state index contributed by atoms with van der Waals surface area (Å²) >= 11 is 6.00. The zero-order chi connectivity index (χ0) is 19.5. The summed E-state index contributed by atoms with van der Waals surface area (Å²) in [5.74, 6) is -0.408. The molecule has 0 fully saturated rings. The maximum absolute atomic E-state index is 12.4. The minimum atomic E-state index is -0.609. The second-order valence-electron chi connectivity index (χ2n) is 6.09. The Morgan fingerprint density at radius 3 is 2.50 bits per heavy atom. The maximum Gasteiger partial charge on any atom is 0.338 e. The third kappa shape index (κ3) is 3.52. The molecule has 0 saturated carbocycles. The van der Waals surface area contributed by atoms with Crippen molar-refractivity contribution in [3.05, 3.63) is 88.9 Å². The Morgan fingerprint density at radius 2 is 1.71 bits per heavy atom. The van der Waals surface area contributed by atoms with Gasteiger partial charge in [-0.2, -0.15) is 0 Å². The number of esters is 1. The van der Waals surface area contributed by atoms with Crippen molar-refractivity contribution < 1.29 is 18.8 Å². The lowest BCUT2D eigenvalue weighted by Crippen LogP contribution is -2.14. The number of Topliss-reactive ketones (excluding diaryl/α,β-unsaturated/α-hetero) is 1. The molecule has 4 aromatic rings. The molecule has 0 bridgehead atoms. The molecule has 0 atom stereocenters.